The molecule has 0 spiro atoms. The van der Waals surface area contributed by atoms with Crippen LogP contribution in [-0.4, -0.2) is 50.0 Å². The average Bonchev–Trinajstić information content (AvgIpc) is 3.12. The van der Waals surface area contributed by atoms with Crippen LogP contribution in [-0.2, 0) is 30.3 Å². The number of nitriles is 1. The summed E-state index contributed by atoms with van der Waals surface area (Å²) in [7, 11) is 1.55. The van der Waals surface area contributed by atoms with Gasteiger partial charge in [-0.25, -0.2) is 4.79 Å². The topological polar surface area (TPSA) is 132 Å². The van der Waals surface area contributed by atoms with Crippen molar-refractivity contribution < 1.29 is 23.8 Å². The lowest BCUT2D eigenvalue weighted by Gasteiger charge is -2.07. The normalized spacial score (nSPS) is 12.1. The number of anilines is 2. The van der Waals surface area contributed by atoms with E-state index in [2.05, 4.69) is 10.6 Å². The van der Waals surface area contributed by atoms with Gasteiger partial charge in [0.25, 0.3) is 5.56 Å². The second-order valence-corrected chi connectivity index (χ2v) is 7.52. The molecule has 10 nitrogen and oxygen atoms in total. The van der Waals surface area contributed by atoms with E-state index < -0.39 is 5.97 Å². The largest absolute Gasteiger partial charge is 0.462 e. The van der Waals surface area contributed by atoms with Gasteiger partial charge >= 0.3 is 5.97 Å². The van der Waals surface area contributed by atoms with E-state index in [1.165, 1.54) is 10.8 Å². The Bertz CT molecular complexity index is 1180. The SMILES string of the molecule is CCOC(=O)/C(C#N)=c1/s/c(=C/Nc2ccc(NC(=O)COCCOC)cc2)c(=O)n1CC. The number of benzene rings is 1. The van der Waals surface area contributed by atoms with E-state index in [4.69, 9.17) is 14.2 Å². The molecule has 0 saturated heterocycles. The van der Waals surface area contributed by atoms with Crippen LogP contribution in [0, 0.1) is 11.3 Å². The lowest BCUT2D eigenvalue weighted by atomic mass is 10.3. The Balaban J connectivity index is 2.17. The van der Waals surface area contributed by atoms with Gasteiger partial charge in [-0.1, -0.05) is 0 Å². The van der Waals surface area contributed by atoms with Crippen LogP contribution in [0.5, 0.6) is 0 Å². The summed E-state index contributed by atoms with van der Waals surface area (Å²) in [5.74, 6) is -1.04. The maximum absolute atomic E-state index is 12.7. The quantitative estimate of drug-likeness (QED) is 0.358. The molecule has 2 rings (SSSR count). The van der Waals surface area contributed by atoms with E-state index >= 15 is 0 Å². The molecule has 0 bridgehead atoms. The van der Waals surface area contributed by atoms with E-state index in [0.717, 1.165) is 11.3 Å². The molecule has 176 valence electrons. The highest BCUT2D eigenvalue weighted by Crippen LogP contribution is 2.13. The Morgan fingerprint density at radius 2 is 1.88 bits per heavy atom. The Labute approximate surface area is 194 Å². The predicted molar refractivity (Wildman–Crippen MR) is 125 cm³/mol. The van der Waals surface area contributed by atoms with Crippen LogP contribution in [0.15, 0.2) is 29.1 Å². The van der Waals surface area contributed by atoms with Crippen molar-refractivity contribution in [3.8, 4) is 6.07 Å². The van der Waals surface area contributed by atoms with Crippen molar-refractivity contribution in [2.75, 3.05) is 44.2 Å². The first-order valence-electron chi connectivity index (χ1n) is 10.2. The fraction of sp³-hybridized carbons (Fsp3) is 0.364. The van der Waals surface area contributed by atoms with Crippen LogP contribution in [0.4, 0.5) is 11.4 Å². The van der Waals surface area contributed by atoms with Gasteiger partial charge in [-0.15, -0.1) is 11.3 Å². The number of esters is 1. The monoisotopic (exact) mass is 474 g/mol. The molecular weight excluding hydrogens is 448 g/mol. The minimum atomic E-state index is -0.760. The van der Waals surface area contributed by atoms with E-state index in [9.17, 15) is 19.6 Å². The molecule has 11 heteroatoms. The van der Waals surface area contributed by atoms with Gasteiger partial charge in [0.15, 0.2) is 5.57 Å². The van der Waals surface area contributed by atoms with Crippen LogP contribution in [0.25, 0.3) is 11.8 Å². The summed E-state index contributed by atoms with van der Waals surface area (Å²) < 4.78 is 16.9. The Morgan fingerprint density at radius 3 is 2.48 bits per heavy atom. The summed E-state index contributed by atoms with van der Waals surface area (Å²) in [6, 6.07) is 8.71. The van der Waals surface area contributed by atoms with Crippen LogP contribution in [0.3, 0.4) is 0 Å². The van der Waals surface area contributed by atoms with Crippen LogP contribution in [0.1, 0.15) is 13.8 Å². The summed E-state index contributed by atoms with van der Waals surface area (Å²) in [5.41, 5.74) is 0.748. The Morgan fingerprint density at radius 1 is 1.18 bits per heavy atom. The zero-order valence-corrected chi connectivity index (χ0v) is 19.5. The number of carbonyl (C=O) groups excluding carboxylic acids is 2. The third-order valence-corrected chi connectivity index (χ3v) is 5.36. The number of thiazole rings is 1. The molecule has 0 radical (unpaired) electrons. The molecule has 1 amide bonds. The highest BCUT2D eigenvalue weighted by molar-refractivity contribution is 7.07. The number of ether oxygens (including phenoxy) is 3. The first kappa shape index (κ1) is 25.8. The molecule has 0 saturated carbocycles. The second kappa shape index (κ2) is 13.2. The molecule has 1 heterocycles. The molecule has 0 aliphatic rings. The van der Waals surface area contributed by atoms with Gasteiger partial charge in [0.2, 0.25) is 5.91 Å². The van der Waals surface area contributed by atoms with E-state index in [1.54, 1.807) is 45.2 Å². The van der Waals surface area contributed by atoms with Crippen molar-refractivity contribution in [3.63, 3.8) is 0 Å². The van der Waals surface area contributed by atoms with E-state index in [0.29, 0.717) is 35.7 Å². The third-order valence-electron chi connectivity index (χ3n) is 4.23. The fourth-order valence-corrected chi connectivity index (χ4v) is 3.76. The highest BCUT2D eigenvalue weighted by Gasteiger charge is 2.16. The maximum atomic E-state index is 12.7. The molecule has 1 aromatic carbocycles. The molecule has 1 aromatic heterocycles. The van der Waals surface area contributed by atoms with Gasteiger partial charge in [-0.3, -0.25) is 14.2 Å². The lowest BCUT2D eigenvalue weighted by molar-refractivity contribution is -0.136. The Hall–Kier alpha value is -3.46. The molecule has 0 aliphatic heterocycles. The van der Waals surface area contributed by atoms with Crippen LogP contribution in [0.2, 0.25) is 0 Å². The third kappa shape index (κ3) is 7.28. The molecule has 33 heavy (non-hydrogen) atoms. The lowest BCUT2D eigenvalue weighted by Crippen LogP contribution is -2.32. The first-order chi connectivity index (χ1) is 15.9. The second-order valence-electron chi connectivity index (χ2n) is 6.49. The minimum Gasteiger partial charge on any atom is -0.462 e. The summed E-state index contributed by atoms with van der Waals surface area (Å²) in [6.07, 6.45) is 1.51. The number of amides is 1. The van der Waals surface area contributed by atoms with Crippen molar-refractivity contribution in [2.45, 2.75) is 20.4 Å². The van der Waals surface area contributed by atoms with Crippen molar-refractivity contribution in [1.29, 1.82) is 5.26 Å². The molecule has 2 N–H and O–H groups in total. The van der Waals surface area contributed by atoms with Crippen LogP contribution < -0.4 is 25.4 Å². The van der Waals surface area contributed by atoms with Crippen molar-refractivity contribution in [2.24, 2.45) is 0 Å². The van der Waals surface area contributed by atoms with E-state index in [-0.39, 0.29) is 34.9 Å². The molecule has 0 aliphatic carbocycles. The zero-order chi connectivity index (χ0) is 24.2. The number of hydrogen-bond acceptors (Lipinski definition) is 9. The van der Waals surface area contributed by atoms with Gasteiger partial charge in [-0.2, -0.15) is 5.26 Å². The fourth-order valence-electron chi connectivity index (χ4n) is 2.68. The smallest absolute Gasteiger partial charge is 0.351 e. The van der Waals surface area contributed by atoms with Crippen LogP contribution >= 0.6 is 11.3 Å². The standard InChI is InChI=1S/C22H26N4O6S/c1-4-26-20(28)18(33-21(26)17(12-23)22(29)32-5-2)13-24-15-6-8-16(9-7-15)25-19(27)14-31-11-10-30-3/h6-9,13,24H,4-5,10-11,14H2,1-3H3,(H,25,27)/b18-13+,21-17+. The number of aromatic nitrogens is 1. The number of rotatable bonds is 11. The van der Waals surface area contributed by atoms with Crippen molar-refractivity contribution in [3.05, 3.63) is 43.8 Å². The summed E-state index contributed by atoms with van der Waals surface area (Å²) in [6.45, 7) is 4.50. The first-order valence-corrected chi connectivity index (χ1v) is 11.0. The van der Waals surface area contributed by atoms with Crippen molar-refractivity contribution >= 4 is 46.4 Å². The predicted octanol–water partition coefficient (Wildman–Crippen LogP) is 0.619. The van der Waals surface area contributed by atoms with E-state index in [1.807, 2.05) is 6.07 Å². The number of methoxy groups -OCH3 is 1. The molecular formula is C22H26N4O6S. The number of nitrogens with zero attached hydrogens (tertiary/aromatic N) is 2. The number of hydrogen-bond donors (Lipinski definition) is 2. The summed E-state index contributed by atoms with van der Waals surface area (Å²) in [5, 5.41) is 15.1. The highest BCUT2D eigenvalue weighted by atomic mass is 32.1. The summed E-state index contributed by atoms with van der Waals surface area (Å²) in [4.78, 5) is 36.6. The molecule has 0 atom stereocenters. The van der Waals surface area contributed by atoms with Crippen molar-refractivity contribution in [1.82, 2.24) is 4.57 Å². The Kier molecular flexibility index (Phi) is 10.3. The number of carbonyl (C=O) groups is 2. The molecule has 2 aromatic rings. The minimum absolute atomic E-state index is 0.0743. The van der Waals surface area contributed by atoms with Gasteiger partial charge in [0.05, 0.1) is 19.8 Å². The van der Waals surface area contributed by atoms with Gasteiger partial charge < -0.3 is 24.8 Å². The molecule has 0 fully saturated rings. The summed E-state index contributed by atoms with van der Waals surface area (Å²) >= 11 is 1.03. The number of nitrogens with one attached hydrogen (secondary N) is 2. The molecule has 0 unspecified atom stereocenters. The zero-order valence-electron chi connectivity index (χ0n) is 18.7. The van der Waals surface area contributed by atoms with Gasteiger partial charge in [-0.05, 0) is 38.1 Å². The van der Waals surface area contributed by atoms with Gasteiger partial charge in [0.1, 0.15) is 21.9 Å². The van der Waals surface area contributed by atoms with Gasteiger partial charge in [0, 0.05) is 31.2 Å². The maximum Gasteiger partial charge on any atom is 0.351 e. The average molecular weight is 475 g/mol.